The van der Waals surface area contributed by atoms with E-state index in [2.05, 4.69) is 0 Å². The third-order valence-corrected chi connectivity index (χ3v) is 5.51. The first kappa shape index (κ1) is 15.5. The van der Waals surface area contributed by atoms with E-state index in [1.165, 1.54) is 22.5 Å². The molecule has 0 radical (unpaired) electrons. The summed E-state index contributed by atoms with van der Waals surface area (Å²) in [5.74, 6) is -1.17. The lowest BCUT2D eigenvalue weighted by Gasteiger charge is -2.22. The highest BCUT2D eigenvalue weighted by molar-refractivity contribution is 7.89. The van der Waals surface area contributed by atoms with Gasteiger partial charge < -0.3 is 5.11 Å². The van der Waals surface area contributed by atoms with Gasteiger partial charge in [0.05, 0.1) is 16.5 Å². The minimum atomic E-state index is -3.78. The van der Waals surface area contributed by atoms with Crippen LogP contribution in [0, 0.1) is 18.3 Å². The predicted molar refractivity (Wildman–Crippen MR) is 75.3 cm³/mol. The molecule has 112 valence electrons. The Labute approximate surface area is 123 Å². The summed E-state index contributed by atoms with van der Waals surface area (Å²) in [7, 11) is -3.78. The van der Waals surface area contributed by atoms with Crippen LogP contribution in [0.1, 0.15) is 35.2 Å². The lowest BCUT2D eigenvalue weighted by Crippen LogP contribution is -2.34. The second-order valence-electron chi connectivity index (χ2n) is 5.04. The van der Waals surface area contributed by atoms with Gasteiger partial charge in [0.2, 0.25) is 10.0 Å². The molecule has 0 spiro atoms. The summed E-state index contributed by atoms with van der Waals surface area (Å²) in [6, 6.07) is 5.94. The third kappa shape index (κ3) is 3.23. The van der Waals surface area contributed by atoms with Gasteiger partial charge in [0.15, 0.2) is 0 Å². The van der Waals surface area contributed by atoms with Crippen molar-refractivity contribution in [2.45, 2.75) is 37.1 Å². The quantitative estimate of drug-likeness (QED) is 0.863. The zero-order chi connectivity index (χ0) is 15.6. The molecule has 0 aromatic heterocycles. The van der Waals surface area contributed by atoms with Gasteiger partial charge in [-0.25, -0.2) is 13.2 Å². The smallest absolute Gasteiger partial charge is 0.335 e. The summed E-state index contributed by atoms with van der Waals surface area (Å²) in [5.41, 5.74) is 0.442. The lowest BCUT2D eigenvalue weighted by molar-refractivity contribution is 0.0696. The number of benzene rings is 1. The summed E-state index contributed by atoms with van der Waals surface area (Å²) >= 11 is 0. The van der Waals surface area contributed by atoms with E-state index >= 15 is 0 Å². The maximum absolute atomic E-state index is 12.7. The van der Waals surface area contributed by atoms with E-state index in [1.54, 1.807) is 6.92 Å². The van der Waals surface area contributed by atoms with Crippen LogP contribution in [0.15, 0.2) is 23.1 Å². The Bertz CT molecular complexity index is 702. The summed E-state index contributed by atoms with van der Waals surface area (Å²) in [5, 5.41) is 17.7. The zero-order valence-electron chi connectivity index (χ0n) is 11.6. The Balaban J connectivity index is 2.44. The molecule has 1 saturated carbocycles. The molecule has 1 aromatic rings. The SMILES string of the molecule is Cc1ccc(C(=O)O)cc1S(=O)(=O)N(CCC#N)C1CC1. The number of hydrogen-bond donors (Lipinski definition) is 1. The molecule has 0 aliphatic heterocycles. The summed E-state index contributed by atoms with van der Waals surface area (Å²) in [6.07, 6.45) is 1.68. The van der Waals surface area contributed by atoms with E-state index in [9.17, 15) is 13.2 Å². The van der Waals surface area contributed by atoms with Gasteiger partial charge in [0.25, 0.3) is 0 Å². The molecule has 0 heterocycles. The van der Waals surface area contributed by atoms with Crippen LogP contribution in [0.25, 0.3) is 0 Å². The van der Waals surface area contributed by atoms with Crippen molar-refractivity contribution in [3.8, 4) is 6.07 Å². The van der Waals surface area contributed by atoms with Crippen molar-refractivity contribution in [1.82, 2.24) is 4.31 Å². The number of hydrogen-bond acceptors (Lipinski definition) is 4. The highest BCUT2D eigenvalue weighted by atomic mass is 32.2. The van der Waals surface area contributed by atoms with Gasteiger partial charge >= 0.3 is 5.97 Å². The van der Waals surface area contributed by atoms with Crippen molar-refractivity contribution in [1.29, 1.82) is 5.26 Å². The van der Waals surface area contributed by atoms with Crippen LogP contribution >= 0.6 is 0 Å². The predicted octanol–water partition coefficient (Wildman–Crippen LogP) is 1.76. The molecule has 6 nitrogen and oxygen atoms in total. The molecule has 1 aliphatic rings. The largest absolute Gasteiger partial charge is 0.478 e. The second-order valence-corrected chi connectivity index (χ2v) is 6.90. The van der Waals surface area contributed by atoms with Crippen LogP contribution in [-0.4, -0.2) is 36.4 Å². The Kier molecular flexibility index (Phi) is 4.30. The van der Waals surface area contributed by atoms with Crippen LogP contribution in [0.4, 0.5) is 0 Å². The standard InChI is InChI=1S/C14H16N2O4S/c1-10-3-4-11(14(17)18)9-13(10)21(19,20)16(8-2-7-15)12-5-6-12/h3-4,9,12H,2,5-6,8H2,1H3,(H,17,18). The van der Waals surface area contributed by atoms with Gasteiger partial charge in [0.1, 0.15) is 0 Å². The van der Waals surface area contributed by atoms with Gasteiger partial charge in [-0.1, -0.05) is 6.07 Å². The fraction of sp³-hybridized carbons (Fsp3) is 0.429. The fourth-order valence-corrected chi connectivity index (χ4v) is 4.10. The number of sulfonamides is 1. The van der Waals surface area contributed by atoms with E-state index < -0.39 is 16.0 Å². The number of carbonyl (C=O) groups is 1. The molecule has 1 fully saturated rings. The van der Waals surface area contributed by atoms with Crippen molar-refractivity contribution in [3.05, 3.63) is 29.3 Å². The van der Waals surface area contributed by atoms with Gasteiger partial charge in [-0.15, -0.1) is 0 Å². The van der Waals surface area contributed by atoms with Crippen LogP contribution < -0.4 is 0 Å². The number of aryl methyl sites for hydroxylation is 1. The summed E-state index contributed by atoms with van der Waals surface area (Å²) < 4.78 is 26.8. The molecule has 0 bridgehead atoms. The van der Waals surface area contributed by atoms with E-state index in [1.807, 2.05) is 6.07 Å². The molecule has 2 rings (SSSR count). The summed E-state index contributed by atoms with van der Waals surface area (Å²) in [6.45, 7) is 1.77. The topological polar surface area (TPSA) is 98.5 Å². The minimum absolute atomic E-state index is 0.00670. The molecular formula is C14H16N2O4S. The Morgan fingerprint density at radius 1 is 1.48 bits per heavy atom. The number of carboxylic acid groups (broad SMARTS) is 1. The van der Waals surface area contributed by atoms with E-state index in [4.69, 9.17) is 10.4 Å². The minimum Gasteiger partial charge on any atom is -0.478 e. The summed E-state index contributed by atoms with van der Waals surface area (Å²) in [4.78, 5) is 11.0. The maximum atomic E-state index is 12.7. The maximum Gasteiger partial charge on any atom is 0.335 e. The number of nitriles is 1. The third-order valence-electron chi connectivity index (χ3n) is 3.42. The molecule has 0 unspecified atom stereocenters. The van der Waals surface area contributed by atoms with Crippen LogP contribution in [-0.2, 0) is 10.0 Å². The normalized spacial score (nSPS) is 14.9. The monoisotopic (exact) mass is 308 g/mol. The Hall–Kier alpha value is -1.91. The van der Waals surface area contributed by atoms with E-state index in [0.717, 1.165) is 12.8 Å². The molecule has 0 atom stereocenters. The lowest BCUT2D eigenvalue weighted by atomic mass is 10.1. The second kappa shape index (κ2) is 5.84. The average molecular weight is 308 g/mol. The first-order valence-electron chi connectivity index (χ1n) is 6.60. The number of rotatable bonds is 6. The van der Waals surface area contributed by atoms with E-state index in [0.29, 0.717) is 5.56 Å². The first-order valence-corrected chi connectivity index (χ1v) is 8.04. The molecule has 1 N–H and O–H groups in total. The highest BCUT2D eigenvalue weighted by Crippen LogP contribution is 2.33. The van der Waals surface area contributed by atoms with Crippen molar-refractivity contribution in [2.75, 3.05) is 6.54 Å². The molecule has 7 heteroatoms. The number of carboxylic acids is 1. The first-order chi connectivity index (χ1) is 9.87. The van der Waals surface area contributed by atoms with Crippen molar-refractivity contribution >= 4 is 16.0 Å². The Morgan fingerprint density at radius 2 is 2.14 bits per heavy atom. The van der Waals surface area contributed by atoms with Crippen molar-refractivity contribution in [3.63, 3.8) is 0 Å². The molecule has 21 heavy (non-hydrogen) atoms. The fourth-order valence-electron chi connectivity index (χ4n) is 2.16. The van der Waals surface area contributed by atoms with Crippen molar-refractivity contribution < 1.29 is 18.3 Å². The average Bonchev–Trinajstić information content (AvgIpc) is 3.23. The van der Waals surface area contributed by atoms with Gasteiger partial charge in [0, 0.05) is 19.0 Å². The Morgan fingerprint density at radius 3 is 2.67 bits per heavy atom. The van der Waals surface area contributed by atoms with E-state index in [-0.39, 0.29) is 29.5 Å². The van der Waals surface area contributed by atoms with Crippen LogP contribution in [0.5, 0.6) is 0 Å². The highest BCUT2D eigenvalue weighted by Gasteiger charge is 2.38. The number of aromatic carboxylic acids is 1. The zero-order valence-corrected chi connectivity index (χ0v) is 12.4. The van der Waals surface area contributed by atoms with Crippen LogP contribution in [0.3, 0.4) is 0 Å². The van der Waals surface area contributed by atoms with Crippen LogP contribution in [0.2, 0.25) is 0 Å². The van der Waals surface area contributed by atoms with Gasteiger partial charge in [-0.3, -0.25) is 0 Å². The molecule has 1 aliphatic carbocycles. The van der Waals surface area contributed by atoms with Gasteiger partial charge in [-0.2, -0.15) is 9.57 Å². The molecule has 0 amide bonds. The molecule has 1 aromatic carbocycles. The van der Waals surface area contributed by atoms with Crippen molar-refractivity contribution in [2.24, 2.45) is 0 Å². The van der Waals surface area contributed by atoms with Gasteiger partial charge in [-0.05, 0) is 37.5 Å². The molecular weight excluding hydrogens is 292 g/mol. The molecule has 0 saturated heterocycles. The number of nitrogens with zero attached hydrogens (tertiary/aromatic N) is 2.